The Morgan fingerprint density at radius 1 is 1.04 bits per heavy atom. The van der Waals surface area contributed by atoms with Crippen molar-refractivity contribution in [2.45, 2.75) is 26.9 Å². The average Bonchev–Trinajstić information content (AvgIpc) is 2.55. The van der Waals surface area contributed by atoms with E-state index in [2.05, 4.69) is 0 Å². The molecule has 0 aromatic heterocycles. The fourth-order valence-corrected chi connectivity index (χ4v) is 2.44. The second kappa shape index (κ2) is 7.85. The summed E-state index contributed by atoms with van der Waals surface area (Å²) in [6, 6.07) is 7.17. The zero-order chi connectivity index (χ0) is 16.8. The van der Waals surface area contributed by atoms with Crippen molar-refractivity contribution in [1.82, 2.24) is 9.80 Å². The van der Waals surface area contributed by atoms with Crippen molar-refractivity contribution in [1.29, 1.82) is 0 Å². The predicted octanol–water partition coefficient (Wildman–Crippen LogP) is 2.39. The standard InChI is InChI=1S/C17H24N2O4/c1-4-22-17(21)19-11-9-18(10-12-19)16(20)14-5-7-15(8-6-14)23-13(2)3/h5-8,13H,4,9-12H2,1-3H3. The summed E-state index contributed by atoms with van der Waals surface area (Å²) >= 11 is 0. The number of nitrogens with zero attached hydrogens (tertiary/aromatic N) is 2. The van der Waals surface area contributed by atoms with Gasteiger partial charge in [-0.15, -0.1) is 0 Å². The first kappa shape index (κ1) is 17.1. The van der Waals surface area contributed by atoms with E-state index in [0.717, 1.165) is 5.75 Å². The molecule has 1 aromatic carbocycles. The van der Waals surface area contributed by atoms with Gasteiger partial charge in [-0.2, -0.15) is 0 Å². The molecule has 1 aromatic rings. The minimum atomic E-state index is -0.310. The fourth-order valence-electron chi connectivity index (χ4n) is 2.44. The van der Waals surface area contributed by atoms with Crippen LogP contribution in [0.1, 0.15) is 31.1 Å². The van der Waals surface area contributed by atoms with Gasteiger partial charge in [0.05, 0.1) is 12.7 Å². The van der Waals surface area contributed by atoms with Crippen LogP contribution in [0.2, 0.25) is 0 Å². The molecule has 0 N–H and O–H groups in total. The van der Waals surface area contributed by atoms with Gasteiger partial charge in [0.1, 0.15) is 5.75 Å². The largest absolute Gasteiger partial charge is 0.491 e. The van der Waals surface area contributed by atoms with Gasteiger partial charge in [0.2, 0.25) is 0 Å². The maximum absolute atomic E-state index is 12.5. The molecule has 0 saturated carbocycles. The van der Waals surface area contributed by atoms with Crippen LogP contribution in [0.3, 0.4) is 0 Å². The van der Waals surface area contributed by atoms with E-state index < -0.39 is 0 Å². The summed E-state index contributed by atoms with van der Waals surface area (Å²) in [5.74, 6) is 0.730. The lowest BCUT2D eigenvalue weighted by Crippen LogP contribution is -2.50. The highest BCUT2D eigenvalue weighted by atomic mass is 16.6. The third-order valence-electron chi connectivity index (χ3n) is 3.57. The Balaban J connectivity index is 1.90. The number of piperazine rings is 1. The van der Waals surface area contributed by atoms with Crippen molar-refractivity contribution < 1.29 is 19.1 Å². The van der Waals surface area contributed by atoms with Gasteiger partial charge in [0, 0.05) is 31.7 Å². The highest BCUT2D eigenvalue weighted by molar-refractivity contribution is 5.94. The molecule has 1 aliphatic rings. The van der Waals surface area contributed by atoms with Crippen LogP contribution in [-0.2, 0) is 4.74 Å². The van der Waals surface area contributed by atoms with Crippen molar-refractivity contribution in [2.75, 3.05) is 32.8 Å². The topological polar surface area (TPSA) is 59.1 Å². The molecule has 1 heterocycles. The Labute approximate surface area is 137 Å². The van der Waals surface area contributed by atoms with Gasteiger partial charge >= 0.3 is 6.09 Å². The van der Waals surface area contributed by atoms with Crippen LogP contribution >= 0.6 is 0 Å². The predicted molar refractivity (Wildman–Crippen MR) is 86.7 cm³/mol. The van der Waals surface area contributed by atoms with Gasteiger partial charge in [-0.3, -0.25) is 4.79 Å². The molecule has 126 valence electrons. The molecule has 2 rings (SSSR count). The van der Waals surface area contributed by atoms with Gasteiger partial charge < -0.3 is 19.3 Å². The summed E-state index contributed by atoms with van der Waals surface area (Å²) in [4.78, 5) is 27.5. The third-order valence-corrected chi connectivity index (χ3v) is 3.57. The van der Waals surface area contributed by atoms with E-state index in [1.165, 1.54) is 0 Å². The van der Waals surface area contributed by atoms with Crippen molar-refractivity contribution in [3.63, 3.8) is 0 Å². The number of carbonyl (C=O) groups is 2. The molecule has 1 aliphatic heterocycles. The zero-order valence-corrected chi connectivity index (χ0v) is 13.9. The Morgan fingerprint density at radius 2 is 1.61 bits per heavy atom. The second-order valence-corrected chi connectivity index (χ2v) is 5.67. The van der Waals surface area contributed by atoms with Crippen molar-refractivity contribution >= 4 is 12.0 Å². The van der Waals surface area contributed by atoms with E-state index in [0.29, 0.717) is 38.3 Å². The molecule has 0 spiro atoms. The summed E-state index contributed by atoms with van der Waals surface area (Å²) in [6.07, 6.45) is -0.206. The van der Waals surface area contributed by atoms with Gasteiger partial charge in [0.25, 0.3) is 5.91 Å². The summed E-state index contributed by atoms with van der Waals surface area (Å²) in [5.41, 5.74) is 0.630. The number of hydrogen-bond acceptors (Lipinski definition) is 4. The van der Waals surface area contributed by atoms with Crippen LogP contribution in [0.15, 0.2) is 24.3 Å². The molecule has 1 saturated heterocycles. The molecule has 6 nitrogen and oxygen atoms in total. The Bertz CT molecular complexity index is 534. The quantitative estimate of drug-likeness (QED) is 0.855. The molecule has 2 amide bonds. The number of hydrogen-bond donors (Lipinski definition) is 0. The maximum atomic E-state index is 12.5. The normalized spacial score (nSPS) is 14.8. The second-order valence-electron chi connectivity index (χ2n) is 5.67. The molecular weight excluding hydrogens is 296 g/mol. The van der Waals surface area contributed by atoms with Crippen molar-refractivity contribution in [3.05, 3.63) is 29.8 Å². The molecule has 0 radical (unpaired) electrons. The van der Waals surface area contributed by atoms with Gasteiger partial charge in [-0.1, -0.05) is 0 Å². The lowest BCUT2D eigenvalue weighted by molar-refractivity contribution is 0.0570. The van der Waals surface area contributed by atoms with E-state index in [1.807, 2.05) is 26.0 Å². The first-order valence-corrected chi connectivity index (χ1v) is 7.99. The summed E-state index contributed by atoms with van der Waals surface area (Å²) in [6.45, 7) is 8.10. The molecular formula is C17H24N2O4. The molecule has 6 heteroatoms. The molecule has 0 atom stereocenters. The van der Waals surface area contributed by atoms with Crippen molar-refractivity contribution in [3.8, 4) is 5.75 Å². The lowest BCUT2D eigenvalue weighted by Gasteiger charge is -2.34. The van der Waals surface area contributed by atoms with E-state index >= 15 is 0 Å². The molecule has 23 heavy (non-hydrogen) atoms. The van der Waals surface area contributed by atoms with Gasteiger partial charge in [0.15, 0.2) is 0 Å². The monoisotopic (exact) mass is 320 g/mol. The summed E-state index contributed by atoms with van der Waals surface area (Å²) < 4.78 is 10.6. The van der Waals surface area contributed by atoms with Gasteiger partial charge in [-0.25, -0.2) is 4.79 Å². The first-order valence-electron chi connectivity index (χ1n) is 7.99. The fraction of sp³-hybridized carbons (Fsp3) is 0.529. The molecule has 0 aliphatic carbocycles. The summed E-state index contributed by atoms with van der Waals surface area (Å²) in [5, 5.41) is 0. The number of carbonyl (C=O) groups excluding carboxylic acids is 2. The Hall–Kier alpha value is -2.24. The van der Waals surface area contributed by atoms with Gasteiger partial charge in [-0.05, 0) is 45.0 Å². The van der Waals surface area contributed by atoms with E-state index in [9.17, 15) is 9.59 Å². The molecule has 0 bridgehead atoms. The van der Waals surface area contributed by atoms with Crippen LogP contribution in [-0.4, -0.2) is 60.7 Å². The van der Waals surface area contributed by atoms with Crippen LogP contribution < -0.4 is 4.74 Å². The van der Waals surface area contributed by atoms with E-state index in [-0.39, 0.29) is 18.1 Å². The maximum Gasteiger partial charge on any atom is 0.409 e. The van der Waals surface area contributed by atoms with Crippen LogP contribution in [0.4, 0.5) is 4.79 Å². The van der Waals surface area contributed by atoms with Crippen LogP contribution in [0, 0.1) is 0 Å². The smallest absolute Gasteiger partial charge is 0.409 e. The zero-order valence-electron chi connectivity index (χ0n) is 13.9. The first-order chi connectivity index (χ1) is 11.0. The van der Waals surface area contributed by atoms with Crippen molar-refractivity contribution in [2.24, 2.45) is 0 Å². The Morgan fingerprint density at radius 3 is 2.13 bits per heavy atom. The SMILES string of the molecule is CCOC(=O)N1CCN(C(=O)c2ccc(OC(C)C)cc2)CC1. The minimum Gasteiger partial charge on any atom is -0.491 e. The Kier molecular flexibility index (Phi) is 5.84. The van der Waals surface area contributed by atoms with E-state index in [1.54, 1.807) is 28.9 Å². The molecule has 0 unspecified atom stereocenters. The number of amides is 2. The molecule has 1 fully saturated rings. The van der Waals surface area contributed by atoms with Crippen LogP contribution in [0.25, 0.3) is 0 Å². The minimum absolute atomic E-state index is 0.0235. The third kappa shape index (κ3) is 4.61. The van der Waals surface area contributed by atoms with E-state index in [4.69, 9.17) is 9.47 Å². The number of ether oxygens (including phenoxy) is 2. The lowest BCUT2D eigenvalue weighted by atomic mass is 10.1. The van der Waals surface area contributed by atoms with Crippen LogP contribution in [0.5, 0.6) is 5.75 Å². The highest BCUT2D eigenvalue weighted by Crippen LogP contribution is 2.16. The number of rotatable bonds is 4. The number of benzene rings is 1. The summed E-state index contributed by atoms with van der Waals surface area (Å²) in [7, 11) is 0. The highest BCUT2D eigenvalue weighted by Gasteiger charge is 2.25. The average molecular weight is 320 g/mol.